The Labute approximate surface area is 234 Å². The van der Waals surface area contributed by atoms with Gasteiger partial charge in [-0.15, -0.1) is 0 Å². The Balaban J connectivity index is 1.56. The SMILES string of the molecule is CC(C)CCC[C@@H](C)[C@H]1CC[C@H]2[C@@H]3C[C@@H](O[Si](C)(C)C)[C@H]4C[C@H](O[Si](C)(C)C)CC[C@]4(C)[C@H]3CC[C@]12C. The molecule has 0 heterocycles. The Morgan fingerprint density at radius 3 is 1.95 bits per heavy atom. The number of hydrogen-bond donors (Lipinski definition) is 0. The summed E-state index contributed by atoms with van der Waals surface area (Å²) >= 11 is 0. The van der Waals surface area contributed by atoms with Crippen LogP contribution in [0, 0.1) is 52.3 Å². The topological polar surface area (TPSA) is 18.5 Å². The summed E-state index contributed by atoms with van der Waals surface area (Å²) in [5.74, 6) is 6.06. The molecule has 4 saturated carbocycles. The van der Waals surface area contributed by atoms with Gasteiger partial charge in [-0.3, -0.25) is 0 Å². The highest BCUT2D eigenvalue weighted by molar-refractivity contribution is 6.70. The van der Waals surface area contributed by atoms with Crippen LogP contribution in [0.25, 0.3) is 0 Å². The second-order valence-corrected chi connectivity index (χ2v) is 26.1. The van der Waals surface area contributed by atoms with Crippen molar-refractivity contribution >= 4 is 16.6 Å². The van der Waals surface area contributed by atoms with Gasteiger partial charge in [0.15, 0.2) is 16.6 Å². The molecule has 4 fully saturated rings. The first-order chi connectivity index (χ1) is 17.0. The van der Waals surface area contributed by atoms with Gasteiger partial charge in [0.05, 0.1) is 0 Å². The zero-order valence-electron chi connectivity index (χ0n) is 26.8. The normalized spacial score (nSPS) is 43.3. The van der Waals surface area contributed by atoms with Gasteiger partial charge in [0.2, 0.25) is 0 Å². The minimum Gasteiger partial charge on any atom is -0.415 e. The highest BCUT2D eigenvalue weighted by Crippen LogP contribution is 2.69. The first-order valence-electron chi connectivity index (χ1n) is 16.4. The van der Waals surface area contributed by atoms with Crippen molar-refractivity contribution in [2.75, 3.05) is 0 Å². The molecule has 216 valence electrons. The second kappa shape index (κ2) is 11.0. The van der Waals surface area contributed by atoms with Crippen LogP contribution in [0.4, 0.5) is 0 Å². The molecule has 0 spiro atoms. The fourth-order valence-corrected chi connectivity index (χ4v) is 12.8. The average Bonchev–Trinajstić information content (AvgIpc) is 3.10. The first kappa shape index (κ1) is 30.3. The third kappa shape index (κ3) is 6.48. The van der Waals surface area contributed by atoms with Crippen LogP contribution in [0.1, 0.15) is 105 Å². The van der Waals surface area contributed by atoms with Crippen LogP contribution in [0.3, 0.4) is 0 Å². The molecular formula is C33H64O2Si2. The Bertz CT molecular complexity index is 769. The van der Waals surface area contributed by atoms with E-state index in [1.807, 2.05) is 0 Å². The summed E-state index contributed by atoms with van der Waals surface area (Å²) < 4.78 is 13.9. The fourth-order valence-electron chi connectivity index (χ4n) is 10.4. The van der Waals surface area contributed by atoms with Crippen molar-refractivity contribution in [2.45, 2.75) is 157 Å². The molecular weight excluding hydrogens is 485 g/mol. The van der Waals surface area contributed by atoms with Crippen molar-refractivity contribution in [2.24, 2.45) is 52.3 Å². The Morgan fingerprint density at radius 1 is 0.703 bits per heavy atom. The van der Waals surface area contributed by atoms with E-state index in [1.54, 1.807) is 0 Å². The molecule has 37 heavy (non-hydrogen) atoms. The molecule has 0 aliphatic heterocycles. The maximum Gasteiger partial charge on any atom is 0.184 e. The molecule has 4 rings (SSSR count). The van der Waals surface area contributed by atoms with E-state index in [9.17, 15) is 0 Å². The van der Waals surface area contributed by atoms with Gasteiger partial charge in [0.1, 0.15) is 0 Å². The van der Waals surface area contributed by atoms with Crippen LogP contribution in [-0.2, 0) is 8.85 Å². The van der Waals surface area contributed by atoms with Crippen LogP contribution in [0.5, 0.6) is 0 Å². The van der Waals surface area contributed by atoms with Crippen molar-refractivity contribution in [1.82, 2.24) is 0 Å². The van der Waals surface area contributed by atoms with Gasteiger partial charge in [-0.05, 0) is 143 Å². The monoisotopic (exact) mass is 548 g/mol. The first-order valence-corrected chi connectivity index (χ1v) is 23.2. The Kier molecular flexibility index (Phi) is 8.99. The fraction of sp³-hybridized carbons (Fsp3) is 1.00. The lowest BCUT2D eigenvalue weighted by Gasteiger charge is -2.63. The van der Waals surface area contributed by atoms with E-state index in [0.29, 0.717) is 29.0 Å². The number of fused-ring (bicyclic) bond motifs is 5. The van der Waals surface area contributed by atoms with Crippen LogP contribution < -0.4 is 0 Å². The standard InChI is InChI=1S/C33H64O2Si2/c1-23(2)13-12-14-24(3)27-15-16-28-26-22-31(35-37(9,10)11)30-21-25(34-36(6,7)8)17-19-33(30,5)29(26)18-20-32(27,28)4/h23-31H,12-22H2,1-11H3/t24-,25-,26+,27-,28+,29+,30-,31-,32-,33-/m1/s1. The van der Waals surface area contributed by atoms with E-state index in [0.717, 1.165) is 35.5 Å². The molecule has 0 aromatic carbocycles. The molecule has 4 heteroatoms. The molecule has 2 nitrogen and oxygen atoms in total. The van der Waals surface area contributed by atoms with Gasteiger partial charge in [-0.25, -0.2) is 0 Å². The van der Waals surface area contributed by atoms with Gasteiger partial charge in [-0.2, -0.15) is 0 Å². The van der Waals surface area contributed by atoms with Crippen LogP contribution >= 0.6 is 0 Å². The largest absolute Gasteiger partial charge is 0.415 e. The minimum atomic E-state index is -1.62. The lowest BCUT2D eigenvalue weighted by atomic mass is 9.43. The number of rotatable bonds is 9. The highest BCUT2D eigenvalue weighted by Gasteiger charge is 2.63. The smallest absolute Gasteiger partial charge is 0.184 e. The van der Waals surface area contributed by atoms with Crippen molar-refractivity contribution in [3.05, 3.63) is 0 Å². The average molecular weight is 549 g/mol. The summed E-state index contributed by atoms with van der Waals surface area (Å²) in [6.07, 6.45) is 16.3. The quantitative estimate of drug-likeness (QED) is 0.267. The van der Waals surface area contributed by atoms with E-state index in [-0.39, 0.29) is 0 Å². The summed E-state index contributed by atoms with van der Waals surface area (Å²) in [7, 11) is -3.14. The maximum absolute atomic E-state index is 7.17. The molecule has 0 saturated heterocycles. The summed E-state index contributed by atoms with van der Waals surface area (Å²) in [6, 6.07) is 0. The van der Waals surface area contributed by atoms with E-state index in [2.05, 4.69) is 73.9 Å². The molecule has 4 aliphatic rings. The molecule has 0 unspecified atom stereocenters. The summed E-state index contributed by atoms with van der Waals surface area (Å²) in [4.78, 5) is 0. The molecule has 0 aromatic rings. The van der Waals surface area contributed by atoms with Gasteiger partial charge >= 0.3 is 0 Å². The maximum atomic E-state index is 7.17. The van der Waals surface area contributed by atoms with Crippen molar-refractivity contribution in [3.8, 4) is 0 Å². The van der Waals surface area contributed by atoms with E-state index in [1.165, 1.54) is 70.6 Å². The van der Waals surface area contributed by atoms with Crippen LogP contribution in [0.2, 0.25) is 39.3 Å². The van der Waals surface area contributed by atoms with Crippen molar-refractivity contribution in [1.29, 1.82) is 0 Å². The molecule has 0 bridgehead atoms. The predicted molar refractivity (Wildman–Crippen MR) is 165 cm³/mol. The van der Waals surface area contributed by atoms with Gasteiger partial charge in [0.25, 0.3) is 0 Å². The zero-order chi connectivity index (χ0) is 27.4. The van der Waals surface area contributed by atoms with E-state index >= 15 is 0 Å². The van der Waals surface area contributed by atoms with E-state index in [4.69, 9.17) is 8.85 Å². The second-order valence-electron chi connectivity index (χ2n) is 17.2. The van der Waals surface area contributed by atoms with Gasteiger partial charge < -0.3 is 8.85 Å². The van der Waals surface area contributed by atoms with Crippen LogP contribution in [-0.4, -0.2) is 28.8 Å². The molecule has 10 atom stereocenters. The molecule has 0 amide bonds. The molecule has 0 aromatic heterocycles. The minimum absolute atomic E-state index is 0.439. The highest BCUT2D eigenvalue weighted by atomic mass is 28.4. The van der Waals surface area contributed by atoms with Crippen LogP contribution in [0.15, 0.2) is 0 Å². The lowest BCUT2D eigenvalue weighted by molar-refractivity contribution is -0.166. The summed E-state index contributed by atoms with van der Waals surface area (Å²) in [6.45, 7) is 27.2. The zero-order valence-corrected chi connectivity index (χ0v) is 28.8. The molecule has 4 aliphatic carbocycles. The lowest BCUT2D eigenvalue weighted by Crippen LogP contribution is -2.60. The van der Waals surface area contributed by atoms with Crippen molar-refractivity contribution < 1.29 is 8.85 Å². The van der Waals surface area contributed by atoms with E-state index < -0.39 is 16.6 Å². The molecule has 0 radical (unpaired) electrons. The Morgan fingerprint density at radius 2 is 1.32 bits per heavy atom. The third-order valence-corrected chi connectivity index (χ3v) is 13.9. The Hall–Kier alpha value is 0.354. The third-order valence-electron chi connectivity index (χ3n) is 11.8. The van der Waals surface area contributed by atoms with Gasteiger partial charge in [0, 0.05) is 12.2 Å². The summed E-state index contributed by atoms with van der Waals surface area (Å²) in [5, 5.41) is 0. The predicted octanol–water partition coefficient (Wildman–Crippen LogP) is 10.2. The summed E-state index contributed by atoms with van der Waals surface area (Å²) in [5.41, 5.74) is 0.998. The van der Waals surface area contributed by atoms with Crippen molar-refractivity contribution in [3.63, 3.8) is 0 Å². The number of hydrogen-bond acceptors (Lipinski definition) is 2. The molecule has 0 N–H and O–H groups in total. The van der Waals surface area contributed by atoms with Gasteiger partial charge in [-0.1, -0.05) is 53.9 Å².